The second-order valence-electron chi connectivity index (χ2n) is 4.92. The van der Waals surface area contributed by atoms with Crippen LogP contribution in [0.3, 0.4) is 0 Å². The summed E-state index contributed by atoms with van der Waals surface area (Å²) in [7, 11) is 0. The van der Waals surface area contributed by atoms with Crippen LogP contribution in [0.4, 0.5) is 9.93 Å². The van der Waals surface area contributed by atoms with Gasteiger partial charge in [0, 0.05) is 47.4 Å². The average molecular weight is 612 g/mol. The highest BCUT2D eigenvalue weighted by Crippen LogP contribution is 2.29. The third-order valence-corrected chi connectivity index (χ3v) is 5.87. The maximum absolute atomic E-state index is 12.9. The number of alkyl halides is 3. The van der Waals surface area contributed by atoms with Crippen LogP contribution in [0.2, 0.25) is 0 Å². The van der Waals surface area contributed by atoms with E-state index in [1.807, 2.05) is 0 Å². The molecule has 6 nitrogen and oxygen atoms in total. The van der Waals surface area contributed by atoms with Gasteiger partial charge in [-0.2, -0.15) is 0 Å². The first-order chi connectivity index (χ1) is 11.6. The van der Waals surface area contributed by atoms with Gasteiger partial charge in [0.25, 0.3) is 0 Å². The highest BCUT2D eigenvalue weighted by atomic mass is 127. The van der Waals surface area contributed by atoms with Gasteiger partial charge in [0.2, 0.25) is 5.13 Å². The fourth-order valence-electron chi connectivity index (χ4n) is 2.20. The van der Waals surface area contributed by atoms with E-state index in [9.17, 15) is 4.79 Å². The van der Waals surface area contributed by atoms with Crippen LogP contribution < -0.4 is 4.90 Å². The van der Waals surface area contributed by atoms with Gasteiger partial charge in [0.15, 0.2) is 11.3 Å². The summed E-state index contributed by atoms with van der Waals surface area (Å²) < 4.78 is 6.78. The number of carbonyl (C=O) groups excluding carboxylic acids is 1. The zero-order valence-corrected chi connectivity index (χ0v) is 19.8. The number of urea groups is 1. The Kier molecular flexibility index (Phi) is 9.09. The number of aryl methyl sites for hydroxylation is 1. The molecule has 0 saturated carbocycles. The molecule has 1 aromatic rings. The van der Waals surface area contributed by atoms with Crippen molar-refractivity contribution < 1.29 is 9.53 Å². The molecule has 1 atom stereocenters. The first kappa shape index (κ1) is 20.7. The minimum atomic E-state index is -0.413. The second-order valence-corrected chi connectivity index (χ2v) is 9.08. The number of hydrogen-bond donors (Lipinski definition) is 0. The Bertz CT molecular complexity index is 578. The molecule has 2 heterocycles. The fraction of sp³-hybridized carbons (Fsp3) is 0.692. The maximum Gasteiger partial charge on any atom is 0.329 e. The zero-order chi connectivity index (χ0) is 17.5. The molecule has 2 rings (SSSR count). The third-order valence-electron chi connectivity index (χ3n) is 3.30. The van der Waals surface area contributed by atoms with Crippen LogP contribution in [-0.4, -0.2) is 60.6 Å². The lowest BCUT2D eigenvalue weighted by atomic mass is 10.2. The predicted octanol–water partition coefficient (Wildman–Crippen LogP) is 4.00. The predicted molar refractivity (Wildman–Crippen MR) is 116 cm³/mol. The summed E-state index contributed by atoms with van der Waals surface area (Å²) in [4.78, 5) is 16.3. The topological polar surface area (TPSA) is 58.6 Å². The first-order valence-electron chi connectivity index (χ1n) is 7.38. The van der Waals surface area contributed by atoms with E-state index in [0.29, 0.717) is 36.1 Å². The van der Waals surface area contributed by atoms with Gasteiger partial charge >= 0.3 is 6.03 Å². The molecule has 1 saturated heterocycles. The van der Waals surface area contributed by atoms with Gasteiger partial charge in [0.05, 0.1) is 0 Å². The molecule has 0 bridgehead atoms. The SMILES string of the molecule is O=C1N(CCBr)CCC(OC(=S)CCI)N1c1nnc(CCBr)s1. The Morgan fingerprint density at radius 1 is 1.42 bits per heavy atom. The van der Waals surface area contributed by atoms with Gasteiger partial charge in [-0.05, 0) is 12.2 Å². The van der Waals surface area contributed by atoms with Crippen LogP contribution in [0, 0.1) is 0 Å². The summed E-state index contributed by atoms with van der Waals surface area (Å²) in [6, 6.07) is -0.107. The number of thiocarbonyl (C=S) groups is 1. The number of rotatable bonds is 8. The normalized spacial score (nSPS) is 18.1. The molecule has 0 radical (unpaired) electrons. The van der Waals surface area contributed by atoms with Gasteiger partial charge in [-0.15, -0.1) is 10.2 Å². The number of carbonyl (C=O) groups is 1. The number of halogens is 3. The minimum Gasteiger partial charge on any atom is -0.463 e. The number of aromatic nitrogens is 2. The molecule has 1 aromatic heterocycles. The van der Waals surface area contributed by atoms with Gasteiger partial charge in [-0.1, -0.05) is 65.8 Å². The highest BCUT2D eigenvalue weighted by Gasteiger charge is 2.37. The summed E-state index contributed by atoms with van der Waals surface area (Å²) in [5.41, 5.74) is 0. The van der Waals surface area contributed by atoms with Gasteiger partial charge in [-0.25, -0.2) is 9.69 Å². The number of anilines is 1. The molecule has 1 fully saturated rings. The van der Waals surface area contributed by atoms with E-state index in [-0.39, 0.29) is 6.03 Å². The number of hydrogen-bond acceptors (Lipinski definition) is 6. The molecule has 1 aliphatic heterocycles. The van der Waals surface area contributed by atoms with Crippen LogP contribution >= 0.6 is 78.0 Å². The van der Waals surface area contributed by atoms with Gasteiger partial charge in [-0.3, -0.25) is 0 Å². The van der Waals surface area contributed by atoms with Crippen LogP contribution in [0.1, 0.15) is 17.8 Å². The highest BCUT2D eigenvalue weighted by molar-refractivity contribution is 14.1. The summed E-state index contributed by atoms with van der Waals surface area (Å²) in [6.07, 6.45) is 1.76. The lowest BCUT2D eigenvalue weighted by Gasteiger charge is -2.39. The molecule has 134 valence electrons. The van der Waals surface area contributed by atoms with Crippen LogP contribution in [0.5, 0.6) is 0 Å². The number of nitrogens with zero attached hydrogens (tertiary/aromatic N) is 4. The Hall–Kier alpha value is 0.410. The van der Waals surface area contributed by atoms with E-state index in [0.717, 1.165) is 26.5 Å². The van der Waals surface area contributed by atoms with Crippen molar-refractivity contribution in [3.8, 4) is 0 Å². The van der Waals surface area contributed by atoms with Crippen molar-refractivity contribution in [2.75, 3.05) is 33.1 Å². The minimum absolute atomic E-state index is 0.107. The first-order valence-corrected chi connectivity index (χ1v) is 12.4. The van der Waals surface area contributed by atoms with E-state index >= 15 is 0 Å². The van der Waals surface area contributed by atoms with E-state index in [1.165, 1.54) is 11.3 Å². The van der Waals surface area contributed by atoms with E-state index in [1.54, 1.807) is 9.80 Å². The molecule has 1 aliphatic rings. The summed E-state index contributed by atoms with van der Waals surface area (Å²) in [6.45, 7) is 1.29. The van der Waals surface area contributed by atoms with E-state index < -0.39 is 6.23 Å². The molecule has 0 aromatic carbocycles. The second kappa shape index (κ2) is 10.5. The van der Waals surface area contributed by atoms with Crippen molar-refractivity contribution in [2.24, 2.45) is 0 Å². The lowest BCUT2D eigenvalue weighted by molar-refractivity contribution is 0.120. The summed E-state index contributed by atoms with van der Waals surface area (Å²) in [5.74, 6) is 0. The standard InChI is InChI=1S/C13H17Br2IN4O2S2/c14-4-1-9-17-18-12(24-9)20-10(22-11(23)2-6-16)3-7-19(8-5-15)13(20)21/h10H,1-8H2. The molecule has 11 heteroatoms. The van der Waals surface area contributed by atoms with Crippen LogP contribution in [0.15, 0.2) is 0 Å². The molecule has 24 heavy (non-hydrogen) atoms. The largest absolute Gasteiger partial charge is 0.463 e. The Morgan fingerprint density at radius 2 is 2.21 bits per heavy atom. The molecule has 0 aliphatic carbocycles. The van der Waals surface area contributed by atoms with Crippen LogP contribution in [-0.2, 0) is 11.2 Å². The third kappa shape index (κ3) is 5.45. The van der Waals surface area contributed by atoms with Gasteiger partial charge in [0.1, 0.15) is 5.01 Å². The van der Waals surface area contributed by atoms with Crippen molar-refractivity contribution in [3.63, 3.8) is 0 Å². The monoisotopic (exact) mass is 610 g/mol. The zero-order valence-electron chi connectivity index (χ0n) is 12.8. The maximum atomic E-state index is 12.9. The van der Waals surface area contributed by atoms with Crippen molar-refractivity contribution in [2.45, 2.75) is 25.5 Å². The van der Waals surface area contributed by atoms with Crippen LogP contribution in [0.25, 0.3) is 0 Å². The Labute approximate surface area is 181 Å². The number of amides is 2. The quantitative estimate of drug-likeness (QED) is 0.253. The fourth-order valence-corrected chi connectivity index (χ4v) is 5.21. The molecular weight excluding hydrogens is 595 g/mol. The molecule has 1 unspecified atom stereocenters. The van der Waals surface area contributed by atoms with E-state index in [2.05, 4.69) is 64.6 Å². The Morgan fingerprint density at radius 3 is 2.88 bits per heavy atom. The lowest BCUT2D eigenvalue weighted by Crippen LogP contribution is -2.56. The van der Waals surface area contributed by atoms with Crippen molar-refractivity contribution in [1.29, 1.82) is 0 Å². The van der Waals surface area contributed by atoms with Crippen molar-refractivity contribution >= 4 is 94.2 Å². The van der Waals surface area contributed by atoms with E-state index in [4.69, 9.17) is 17.0 Å². The average Bonchev–Trinajstić information content (AvgIpc) is 2.99. The van der Waals surface area contributed by atoms with Crippen molar-refractivity contribution in [1.82, 2.24) is 15.1 Å². The molecule has 0 N–H and O–H groups in total. The molecule has 0 spiro atoms. The molecule has 2 amide bonds. The summed E-state index contributed by atoms with van der Waals surface area (Å²) >= 11 is 15.7. The number of ether oxygens (including phenoxy) is 1. The van der Waals surface area contributed by atoms with Gasteiger partial charge < -0.3 is 9.64 Å². The van der Waals surface area contributed by atoms with Crippen molar-refractivity contribution in [3.05, 3.63) is 5.01 Å². The smallest absolute Gasteiger partial charge is 0.329 e. The Balaban J connectivity index is 2.21. The molecular formula is C13H17Br2IN4O2S2. The summed E-state index contributed by atoms with van der Waals surface area (Å²) in [5, 5.41) is 11.9.